The summed E-state index contributed by atoms with van der Waals surface area (Å²) < 4.78 is 4.83. The van der Waals surface area contributed by atoms with Gasteiger partial charge in [0.05, 0.1) is 5.60 Å². The molecule has 72 valence electrons. The summed E-state index contributed by atoms with van der Waals surface area (Å²) in [6.45, 7) is 11.2. The Morgan fingerprint density at radius 1 is 1.17 bits per heavy atom. The zero-order valence-corrected chi connectivity index (χ0v) is 12.6. The second-order valence-corrected chi connectivity index (χ2v) is 2.95. The first-order valence-electron chi connectivity index (χ1n) is 4.28. The van der Waals surface area contributed by atoms with Gasteiger partial charge in [0.1, 0.15) is 0 Å². The average molecular weight is 202 g/mol. The van der Waals surface area contributed by atoms with E-state index in [2.05, 4.69) is 0 Å². The Morgan fingerprint density at radius 2 is 1.42 bits per heavy atom. The van der Waals surface area contributed by atoms with E-state index in [4.69, 9.17) is 9.84 Å². The van der Waals surface area contributed by atoms with Gasteiger partial charge in [0.15, 0.2) is 0 Å². The maximum atomic E-state index is 8.83. The number of aliphatic hydroxyl groups is 1. The molecule has 0 radical (unpaired) electrons. The predicted octanol–water partition coefficient (Wildman–Crippen LogP) is -0.673. The fourth-order valence-electron chi connectivity index (χ4n) is 0.204. The van der Waals surface area contributed by atoms with Gasteiger partial charge in [-0.3, -0.25) is 0 Å². The fraction of sp³-hybridized carbons (Fsp3) is 1.00. The third-order valence-corrected chi connectivity index (χ3v) is 1.27. The normalized spacial score (nSPS) is 9.50. The van der Waals surface area contributed by atoms with Gasteiger partial charge in [0.25, 0.3) is 0 Å². The minimum atomic E-state index is -0.458. The molecule has 0 aliphatic rings. The van der Waals surface area contributed by atoms with Gasteiger partial charge in [0.2, 0.25) is 0 Å². The standard InChI is InChI=1S/C5H12O.C4H10O.K.H/c1-4-5(2,3)6;1-3-5-4-2;;/h6H,4H2,1-3H3;3-4H2,1-2H3;;/q;;+1;-1. The largest absolute Gasteiger partial charge is 1.00 e. The van der Waals surface area contributed by atoms with E-state index in [9.17, 15) is 0 Å². The fourth-order valence-corrected chi connectivity index (χ4v) is 0.204. The number of ether oxygens (including phenoxy) is 1. The van der Waals surface area contributed by atoms with Crippen molar-refractivity contribution >= 4 is 0 Å². The van der Waals surface area contributed by atoms with Crippen molar-refractivity contribution in [1.29, 1.82) is 0 Å². The van der Waals surface area contributed by atoms with Crippen molar-refractivity contribution in [2.75, 3.05) is 13.2 Å². The number of hydrogen-bond donors (Lipinski definition) is 1. The van der Waals surface area contributed by atoms with Crippen LogP contribution in [-0.2, 0) is 4.74 Å². The van der Waals surface area contributed by atoms with Crippen molar-refractivity contribution in [3.63, 3.8) is 0 Å². The number of rotatable bonds is 3. The van der Waals surface area contributed by atoms with Crippen LogP contribution < -0.4 is 51.4 Å². The van der Waals surface area contributed by atoms with E-state index in [1.165, 1.54) is 0 Å². The van der Waals surface area contributed by atoms with Crippen LogP contribution in [0.1, 0.15) is 42.5 Å². The second kappa shape index (κ2) is 12.6. The van der Waals surface area contributed by atoms with Gasteiger partial charge in [-0.2, -0.15) is 0 Å². The smallest absolute Gasteiger partial charge is 1.00 e. The Bertz CT molecular complexity index is 72.5. The van der Waals surface area contributed by atoms with Crippen LogP contribution in [0.5, 0.6) is 0 Å². The summed E-state index contributed by atoms with van der Waals surface area (Å²) in [6, 6.07) is 0. The van der Waals surface area contributed by atoms with Crippen molar-refractivity contribution in [2.24, 2.45) is 0 Å². The molecule has 2 nitrogen and oxygen atoms in total. The van der Waals surface area contributed by atoms with Gasteiger partial charge in [-0.25, -0.2) is 0 Å². The van der Waals surface area contributed by atoms with Crippen LogP contribution in [0, 0.1) is 0 Å². The Hall–Kier alpha value is 1.56. The van der Waals surface area contributed by atoms with E-state index in [1.54, 1.807) is 13.8 Å². The van der Waals surface area contributed by atoms with Crippen LogP contribution in [0.25, 0.3) is 0 Å². The molecule has 0 atom stereocenters. The molecule has 12 heavy (non-hydrogen) atoms. The van der Waals surface area contributed by atoms with Gasteiger partial charge >= 0.3 is 51.4 Å². The molecule has 0 saturated carbocycles. The van der Waals surface area contributed by atoms with Crippen LogP contribution in [0.4, 0.5) is 0 Å². The van der Waals surface area contributed by atoms with Crippen LogP contribution in [0.2, 0.25) is 0 Å². The predicted molar refractivity (Wildman–Crippen MR) is 49.9 cm³/mol. The molecule has 0 aliphatic carbocycles. The first-order valence-corrected chi connectivity index (χ1v) is 4.28. The van der Waals surface area contributed by atoms with E-state index >= 15 is 0 Å². The van der Waals surface area contributed by atoms with Crippen LogP contribution in [0.3, 0.4) is 0 Å². The number of hydrogen-bond acceptors (Lipinski definition) is 2. The summed E-state index contributed by atoms with van der Waals surface area (Å²) in [5, 5.41) is 8.83. The molecule has 0 saturated heterocycles. The molecule has 0 fully saturated rings. The van der Waals surface area contributed by atoms with Crippen LogP contribution >= 0.6 is 0 Å². The quantitative estimate of drug-likeness (QED) is 0.615. The first-order chi connectivity index (χ1) is 4.97. The molecular formula is C9H23KO2. The third-order valence-electron chi connectivity index (χ3n) is 1.27. The Labute approximate surface area is 121 Å². The molecule has 3 heteroatoms. The zero-order chi connectivity index (χ0) is 9.33. The van der Waals surface area contributed by atoms with Crippen molar-refractivity contribution < 1.29 is 62.7 Å². The minimum absolute atomic E-state index is 0. The van der Waals surface area contributed by atoms with Gasteiger partial charge in [0, 0.05) is 13.2 Å². The van der Waals surface area contributed by atoms with Gasteiger partial charge in [-0.1, -0.05) is 6.92 Å². The monoisotopic (exact) mass is 202 g/mol. The maximum absolute atomic E-state index is 8.83. The summed E-state index contributed by atoms with van der Waals surface area (Å²) >= 11 is 0. The summed E-state index contributed by atoms with van der Waals surface area (Å²) in [5.74, 6) is 0. The van der Waals surface area contributed by atoms with E-state index in [1.807, 2.05) is 20.8 Å². The molecule has 0 unspecified atom stereocenters. The van der Waals surface area contributed by atoms with E-state index in [-0.39, 0.29) is 52.8 Å². The maximum Gasteiger partial charge on any atom is 1.00 e. The molecule has 0 aromatic carbocycles. The molecule has 0 aliphatic heterocycles. The van der Waals surface area contributed by atoms with Gasteiger partial charge in [-0.15, -0.1) is 0 Å². The Kier molecular flexibility index (Phi) is 20.1. The molecule has 1 N–H and O–H groups in total. The topological polar surface area (TPSA) is 29.5 Å². The Morgan fingerprint density at radius 3 is 1.42 bits per heavy atom. The van der Waals surface area contributed by atoms with Gasteiger partial charge in [-0.05, 0) is 34.1 Å². The molecular weight excluding hydrogens is 179 g/mol. The molecule has 0 aromatic rings. The van der Waals surface area contributed by atoms with Crippen molar-refractivity contribution in [3.8, 4) is 0 Å². The summed E-state index contributed by atoms with van der Waals surface area (Å²) in [7, 11) is 0. The molecule has 0 aromatic heterocycles. The zero-order valence-electron chi connectivity index (χ0n) is 10.5. The second-order valence-electron chi connectivity index (χ2n) is 2.95. The van der Waals surface area contributed by atoms with Crippen molar-refractivity contribution in [3.05, 3.63) is 0 Å². The Balaban J connectivity index is -0.0000000546. The van der Waals surface area contributed by atoms with Crippen molar-refractivity contribution in [2.45, 2.75) is 46.6 Å². The van der Waals surface area contributed by atoms with E-state index < -0.39 is 5.60 Å². The van der Waals surface area contributed by atoms with Gasteiger partial charge < -0.3 is 11.3 Å². The SMILES string of the molecule is CCC(C)(C)O.CCOCC.[H-].[K+]. The van der Waals surface area contributed by atoms with Crippen LogP contribution in [-0.4, -0.2) is 23.9 Å². The summed E-state index contributed by atoms with van der Waals surface area (Å²) in [5.41, 5.74) is -0.458. The molecule has 0 amide bonds. The molecule has 0 spiro atoms. The first kappa shape index (κ1) is 19.2. The third kappa shape index (κ3) is 30.0. The molecule has 0 rings (SSSR count). The summed E-state index contributed by atoms with van der Waals surface area (Å²) in [4.78, 5) is 0. The molecule has 0 bridgehead atoms. The average Bonchev–Trinajstić information content (AvgIpc) is 1.90. The van der Waals surface area contributed by atoms with Crippen LogP contribution in [0.15, 0.2) is 0 Å². The minimum Gasteiger partial charge on any atom is -1.00 e. The van der Waals surface area contributed by atoms with Crippen molar-refractivity contribution in [1.82, 2.24) is 0 Å². The molecule has 0 heterocycles. The summed E-state index contributed by atoms with van der Waals surface area (Å²) in [6.07, 6.45) is 0.826. The van der Waals surface area contributed by atoms with E-state index in [0.717, 1.165) is 19.6 Å². The van der Waals surface area contributed by atoms with E-state index in [0.29, 0.717) is 0 Å².